The van der Waals surface area contributed by atoms with Gasteiger partial charge in [-0.1, -0.05) is 18.2 Å². The van der Waals surface area contributed by atoms with E-state index in [0.717, 1.165) is 50.3 Å². The number of quaternary nitrogens is 1. The highest BCUT2D eigenvalue weighted by atomic mass is 35.5. The lowest BCUT2D eigenvalue weighted by molar-refractivity contribution is -0.760. The van der Waals surface area contributed by atoms with Gasteiger partial charge in [0.1, 0.15) is 0 Å². The summed E-state index contributed by atoms with van der Waals surface area (Å²) in [7, 11) is 0. The van der Waals surface area contributed by atoms with Gasteiger partial charge in [0.05, 0.1) is 25.2 Å². The third-order valence-electron chi connectivity index (χ3n) is 4.34. The van der Waals surface area contributed by atoms with Crippen molar-refractivity contribution in [3.8, 4) is 0 Å². The van der Waals surface area contributed by atoms with Gasteiger partial charge in [-0.15, -0.1) is 0 Å². The Bertz CT molecular complexity index is 500. The van der Waals surface area contributed by atoms with Crippen molar-refractivity contribution in [2.75, 3.05) is 19.6 Å². The van der Waals surface area contributed by atoms with Crippen molar-refractivity contribution < 1.29 is 21.7 Å². The highest BCUT2D eigenvalue weighted by molar-refractivity contribution is 5.97. The van der Waals surface area contributed by atoms with Crippen molar-refractivity contribution in [1.82, 2.24) is 0 Å². The quantitative estimate of drug-likeness (QED) is 0.671. The van der Waals surface area contributed by atoms with Crippen LogP contribution in [0.4, 0.5) is 0 Å². The summed E-state index contributed by atoms with van der Waals surface area (Å²) in [4.78, 5) is 17.7. The minimum Gasteiger partial charge on any atom is -1.00 e. The molecule has 1 amide bonds. The van der Waals surface area contributed by atoms with Gasteiger partial charge in [-0.25, -0.2) is 14.3 Å². The van der Waals surface area contributed by atoms with E-state index in [4.69, 9.17) is 4.99 Å². The minimum atomic E-state index is 0. The van der Waals surface area contributed by atoms with E-state index in [0.29, 0.717) is 4.48 Å². The fraction of sp³-hybridized carbons (Fsp3) is 0.500. The van der Waals surface area contributed by atoms with Gasteiger partial charge in [-0.3, -0.25) is 0 Å². The Hall–Kier alpha value is -1.19. The van der Waals surface area contributed by atoms with Crippen molar-refractivity contribution >= 4 is 11.7 Å². The summed E-state index contributed by atoms with van der Waals surface area (Å²) in [6.07, 6.45) is 5.57. The number of aliphatic imine (C=N–C) groups is 1. The van der Waals surface area contributed by atoms with Crippen LogP contribution in [-0.4, -0.2) is 35.9 Å². The van der Waals surface area contributed by atoms with Crippen LogP contribution in [0.1, 0.15) is 42.5 Å². The zero-order valence-electron chi connectivity index (χ0n) is 11.7. The van der Waals surface area contributed by atoms with E-state index >= 15 is 0 Å². The smallest absolute Gasteiger partial charge is 0.351 e. The van der Waals surface area contributed by atoms with Gasteiger partial charge in [0.2, 0.25) is 5.84 Å². The molecule has 20 heavy (non-hydrogen) atoms. The minimum absolute atomic E-state index is 0. The van der Waals surface area contributed by atoms with Crippen LogP contribution in [0.15, 0.2) is 35.3 Å². The van der Waals surface area contributed by atoms with Crippen molar-refractivity contribution in [3.05, 3.63) is 35.9 Å². The zero-order valence-corrected chi connectivity index (χ0v) is 12.5. The van der Waals surface area contributed by atoms with Crippen LogP contribution in [0.25, 0.3) is 0 Å². The van der Waals surface area contributed by atoms with Gasteiger partial charge in [0, 0.05) is 12.8 Å². The number of nitrogens with zero attached hydrogens (tertiary/aromatic N) is 2. The Balaban J connectivity index is 0.00000147. The first kappa shape index (κ1) is 15.2. The van der Waals surface area contributed by atoms with Crippen LogP contribution >= 0.6 is 0 Å². The molecule has 108 valence electrons. The van der Waals surface area contributed by atoms with Gasteiger partial charge < -0.3 is 12.4 Å². The van der Waals surface area contributed by atoms with Crippen LogP contribution < -0.4 is 12.4 Å². The summed E-state index contributed by atoms with van der Waals surface area (Å²) in [5.41, 5.74) is 0.832. The molecule has 0 radical (unpaired) electrons. The van der Waals surface area contributed by atoms with Gasteiger partial charge in [-0.2, -0.15) is 0 Å². The van der Waals surface area contributed by atoms with Crippen molar-refractivity contribution in [2.45, 2.75) is 32.1 Å². The van der Waals surface area contributed by atoms with E-state index in [1.54, 1.807) is 0 Å². The van der Waals surface area contributed by atoms with Crippen LogP contribution in [-0.2, 0) is 0 Å². The molecular weight excluding hydrogens is 272 g/mol. The van der Waals surface area contributed by atoms with Crippen molar-refractivity contribution in [2.24, 2.45) is 4.99 Å². The SMILES string of the molecule is O=C(c1ccccc1)[N+]12CCCCCC1=NCCC2.[Cl-]. The standard InChI is InChI=1S/C16H21N2O.ClH/c19-16(14-8-3-1-4-9-14)18-12-6-2-5-10-15(18)17-11-7-13-18;/h1,3-4,8-9H,2,5-7,10-13H2;1H/q+1;/p-1. The average molecular weight is 293 g/mol. The topological polar surface area (TPSA) is 29.4 Å². The summed E-state index contributed by atoms with van der Waals surface area (Å²) in [5, 5.41) is 0. The number of hydrogen-bond acceptors (Lipinski definition) is 2. The van der Waals surface area contributed by atoms with Crippen LogP contribution in [0, 0.1) is 0 Å². The van der Waals surface area contributed by atoms with Gasteiger partial charge in [0.15, 0.2) is 0 Å². The molecule has 0 spiro atoms. The number of amides is 1. The van der Waals surface area contributed by atoms with Gasteiger partial charge >= 0.3 is 5.91 Å². The summed E-state index contributed by atoms with van der Waals surface area (Å²) >= 11 is 0. The lowest BCUT2D eigenvalue weighted by Gasteiger charge is -2.37. The molecule has 1 atom stereocenters. The van der Waals surface area contributed by atoms with E-state index in [1.165, 1.54) is 12.8 Å². The molecular formula is C16H21ClN2O. The first-order valence-corrected chi connectivity index (χ1v) is 7.34. The van der Waals surface area contributed by atoms with E-state index in [-0.39, 0.29) is 18.3 Å². The third kappa shape index (κ3) is 2.65. The predicted molar refractivity (Wildman–Crippen MR) is 76.2 cm³/mol. The fourth-order valence-corrected chi connectivity index (χ4v) is 3.34. The second kappa shape index (κ2) is 6.51. The largest absolute Gasteiger partial charge is 1.00 e. The van der Waals surface area contributed by atoms with Crippen LogP contribution in [0.2, 0.25) is 0 Å². The summed E-state index contributed by atoms with van der Waals surface area (Å²) < 4.78 is 0.504. The summed E-state index contributed by atoms with van der Waals surface area (Å²) in [6.45, 7) is 2.77. The predicted octanol–water partition coefficient (Wildman–Crippen LogP) is 0.0238. The fourth-order valence-electron chi connectivity index (χ4n) is 3.34. The summed E-state index contributed by atoms with van der Waals surface area (Å²) in [6, 6.07) is 9.73. The van der Waals surface area contributed by atoms with E-state index < -0.39 is 0 Å². The molecule has 1 saturated heterocycles. The molecule has 2 aliphatic heterocycles. The lowest BCUT2D eigenvalue weighted by Crippen LogP contribution is -3.00. The first-order chi connectivity index (χ1) is 9.33. The first-order valence-electron chi connectivity index (χ1n) is 7.34. The number of amidine groups is 1. The molecule has 0 bridgehead atoms. The number of fused-ring (bicyclic) bond motifs is 1. The maximum atomic E-state index is 13.0. The molecule has 3 rings (SSSR count). The number of benzene rings is 1. The molecule has 0 aromatic heterocycles. The number of halogens is 1. The molecule has 4 heteroatoms. The van der Waals surface area contributed by atoms with E-state index in [9.17, 15) is 4.79 Å². The Morgan fingerprint density at radius 2 is 1.75 bits per heavy atom. The maximum absolute atomic E-state index is 13.0. The third-order valence-corrected chi connectivity index (χ3v) is 4.34. The highest BCUT2D eigenvalue weighted by Crippen LogP contribution is 2.27. The molecule has 0 aliphatic carbocycles. The molecule has 2 aliphatic rings. The monoisotopic (exact) mass is 292 g/mol. The number of carbonyl (C=O) groups is 1. The second-order valence-electron chi connectivity index (χ2n) is 5.55. The second-order valence-corrected chi connectivity index (χ2v) is 5.55. The van der Waals surface area contributed by atoms with Crippen molar-refractivity contribution in [3.63, 3.8) is 0 Å². The maximum Gasteiger partial charge on any atom is 0.351 e. The Morgan fingerprint density at radius 3 is 2.55 bits per heavy atom. The highest BCUT2D eigenvalue weighted by Gasteiger charge is 2.44. The van der Waals surface area contributed by atoms with E-state index in [2.05, 4.69) is 0 Å². The molecule has 1 aromatic carbocycles. The van der Waals surface area contributed by atoms with Gasteiger partial charge in [0.25, 0.3) is 0 Å². The molecule has 1 aromatic rings. The zero-order chi connectivity index (χ0) is 13.1. The average Bonchev–Trinajstić information content (AvgIpc) is 2.70. The van der Waals surface area contributed by atoms with Crippen molar-refractivity contribution in [1.29, 1.82) is 0 Å². The molecule has 1 unspecified atom stereocenters. The van der Waals surface area contributed by atoms with Crippen LogP contribution in [0.3, 0.4) is 0 Å². The van der Waals surface area contributed by atoms with Crippen LogP contribution in [0.5, 0.6) is 0 Å². The molecule has 0 saturated carbocycles. The number of hydrogen-bond donors (Lipinski definition) is 0. The van der Waals surface area contributed by atoms with Gasteiger partial charge in [-0.05, 0) is 31.4 Å². The number of rotatable bonds is 1. The number of carbonyl (C=O) groups excluding carboxylic acids is 1. The van der Waals surface area contributed by atoms with E-state index in [1.807, 2.05) is 30.3 Å². The lowest BCUT2D eigenvalue weighted by atomic mass is 10.1. The molecule has 0 N–H and O–H groups in total. The molecule has 1 fully saturated rings. The normalized spacial score (nSPS) is 25.7. The Labute approximate surface area is 126 Å². The molecule has 3 nitrogen and oxygen atoms in total. The molecule has 2 heterocycles. The summed E-state index contributed by atoms with van der Waals surface area (Å²) in [5.74, 6) is 1.39. The Kier molecular flexibility index (Phi) is 4.95. The Morgan fingerprint density at radius 1 is 1.00 bits per heavy atom.